The van der Waals surface area contributed by atoms with Gasteiger partial charge in [0.15, 0.2) is 0 Å². The molecule has 104 valence electrons. The zero-order valence-electron chi connectivity index (χ0n) is 13.0. The molecular weight excluding hydrogens is 236 g/mol. The maximum Gasteiger partial charge on any atom is 0.127 e. The van der Waals surface area contributed by atoms with E-state index in [1.165, 1.54) is 5.56 Å². The summed E-state index contributed by atoms with van der Waals surface area (Å²) >= 11 is 0. The Bertz CT molecular complexity index is 586. The Hall–Kier alpha value is -1.18. The highest BCUT2D eigenvalue weighted by molar-refractivity contribution is 5.64. The predicted octanol–water partition coefficient (Wildman–Crippen LogP) is 4.01. The minimum Gasteiger partial charge on any atom is -0.507 e. The first-order valence-electron chi connectivity index (χ1n) is 7.16. The molecule has 2 nitrogen and oxygen atoms in total. The number of benzene rings is 1. The van der Waals surface area contributed by atoms with Crippen molar-refractivity contribution >= 4 is 0 Å². The van der Waals surface area contributed by atoms with E-state index in [4.69, 9.17) is 4.74 Å². The number of rotatable bonds is 0. The van der Waals surface area contributed by atoms with Crippen LogP contribution in [0.3, 0.4) is 0 Å². The third-order valence-electron chi connectivity index (χ3n) is 5.85. The average Bonchev–Trinajstić information content (AvgIpc) is 2.88. The number of phenolic OH excluding ortho intramolecular Hbond substituents is 1. The van der Waals surface area contributed by atoms with Crippen LogP contribution in [0.4, 0.5) is 0 Å². The molecule has 1 N–H and O–H groups in total. The molecule has 2 heteroatoms. The summed E-state index contributed by atoms with van der Waals surface area (Å²) in [5, 5.41) is 10.4. The van der Waals surface area contributed by atoms with Crippen molar-refractivity contribution in [2.24, 2.45) is 11.8 Å². The zero-order valence-corrected chi connectivity index (χ0v) is 13.0. The normalized spacial score (nSPS) is 34.3. The van der Waals surface area contributed by atoms with E-state index in [1.807, 2.05) is 13.8 Å². The minimum atomic E-state index is -0.123. The van der Waals surface area contributed by atoms with Crippen LogP contribution in [0, 0.1) is 32.6 Å². The molecule has 1 fully saturated rings. The Kier molecular flexibility index (Phi) is 2.22. The van der Waals surface area contributed by atoms with Gasteiger partial charge in [0.05, 0.1) is 0 Å². The van der Waals surface area contributed by atoms with Gasteiger partial charge >= 0.3 is 0 Å². The Morgan fingerprint density at radius 2 is 1.58 bits per heavy atom. The molecule has 3 rings (SSSR count). The van der Waals surface area contributed by atoms with Crippen LogP contribution in [0.5, 0.6) is 11.5 Å². The first-order chi connectivity index (χ1) is 8.64. The van der Waals surface area contributed by atoms with Crippen molar-refractivity contribution in [3.05, 3.63) is 22.3 Å². The van der Waals surface area contributed by atoms with E-state index >= 15 is 0 Å². The maximum absolute atomic E-state index is 10.4. The molecule has 0 saturated heterocycles. The number of aromatic hydroxyl groups is 1. The number of hydrogen-bond acceptors (Lipinski definition) is 2. The summed E-state index contributed by atoms with van der Waals surface area (Å²) in [5.41, 5.74) is 4.31. The van der Waals surface area contributed by atoms with Gasteiger partial charge in [-0.1, -0.05) is 13.8 Å². The molecule has 0 spiro atoms. The molecule has 1 aliphatic heterocycles. The summed E-state index contributed by atoms with van der Waals surface area (Å²) in [6.45, 7) is 15.1. The van der Waals surface area contributed by atoms with Gasteiger partial charge in [0.1, 0.15) is 17.1 Å². The number of phenols is 1. The van der Waals surface area contributed by atoms with Gasteiger partial charge in [-0.05, 0) is 57.2 Å². The predicted molar refractivity (Wildman–Crippen MR) is 77.0 cm³/mol. The molecule has 3 atom stereocenters. The molecule has 1 saturated carbocycles. The van der Waals surface area contributed by atoms with E-state index in [0.29, 0.717) is 17.6 Å². The van der Waals surface area contributed by atoms with Crippen molar-refractivity contribution in [2.75, 3.05) is 0 Å². The van der Waals surface area contributed by atoms with Crippen LogP contribution in [0.15, 0.2) is 0 Å². The Morgan fingerprint density at radius 1 is 1.00 bits per heavy atom. The zero-order chi connectivity index (χ0) is 14.3. The molecule has 0 aromatic heterocycles. The number of ether oxygens (including phenoxy) is 1. The summed E-state index contributed by atoms with van der Waals surface area (Å²) in [5.74, 6) is 2.59. The second kappa shape index (κ2) is 3.28. The molecule has 1 aliphatic carbocycles. The SMILES string of the molecule is Cc1c(C)c2c(c(C)c1O)[C@@]1(C)C(C)[C@H]1C(C)(C)O2. The van der Waals surface area contributed by atoms with Crippen LogP contribution in [-0.4, -0.2) is 10.7 Å². The largest absolute Gasteiger partial charge is 0.507 e. The van der Waals surface area contributed by atoms with Crippen LogP contribution >= 0.6 is 0 Å². The van der Waals surface area contributed by atoms with Crippen molar-refractivity contribution in [3.8, 4) is 11.5 Å². The number of hydrogen-bond donors (Lipinski definition) is 1. The van der Waals surface area contributed by atoms with E-state index in [9.17, 15) is 5.11 Å². The molecule has 19 heavy (non-hydrogen) atoms. The monoisotopic (exact) mass is 260 g/mol. The maximum atomic E-state index is 10.4. The average molecular weight is 260 g/mol. The van der Waals surface area contributed by atoms with Crippen molar-refractivity contribution in [3.63, 3.8) is 0 Å². The third-order valence-corrected chi connectivity index (χ3v) is 5.85. The lowest BCUT2D eigenvalue weighted by Gasteiger charge is -2.38. The quantitative estimate of drug-likeness (QED) is 0.763. The molecule has 0 amide bonds. The second-order valence-corrected chi connectivity index (χ2v) is 7.18. The van der Waals surface area contributed by atoms with Gasteiger partial charge in [-0.3, -0.25) is 0 Å². The van der Waals surface area contributed by atoms with Crippen LogP contribution in [-0.2, 0) is 5.41 Å². The van der Waals surface area contributed by atoms with Crippen molar-refractivity contribution in [1.82, 2.24) is 0 Å². The molecule has 2 aliphatic rings. The first kappa shape index (κ1) is 12.8. The fourth-order valence-corrected chi connectivity index (χ4v) is 4.64. The van der Waals surface area contributed by atoms with E-state index in [2.05, 4.69) is 34.6 Å². The molecule has 1 heterocycles. The number of fused-ring (bicyclic) bond motifs is 3. The van der Waals surface area contributed by atoms with E-state index in [-0.39, 0.29) is 11.0 Å². The van der Waals surface area contributed by atoms with Crippen LogP contribution in [0.25, 0.3) is 0 Å². The van der Waals surface area contributed by atoms with Crippen molar-refractivity contribution < 1.29 is 9.84 Å². The van der Waals surface area contributed by atoms with Gasteiger partial charge < -0.3 is 9.84 Å². The third kappa shape index (κ3) is 1.28. The molecule has 1 aromatic rings. The van der Waals surface area contributed by atoms with E-state index in [1.54, 1.807) is 0 Å². The topological polar surface area (TPSA) is 29.5 Å². The van der Waals surface area contributed by atoms with Gasteiger partial charge in [-0.15, -0.1) is 0 Å². The molecule has 0 bridgehead atoms. The van der Waals surface area contributed by atoms with Crippen LogP contribution in [0.2, 0.25) is 0 Å². The minimum absolute atomic E-state index is 0.123. The highest BCUT2D eigenvalue weighted by Crippen LogP contribution is 2.70. The highest BCUT2D eigenvalue weighted by Gasteiger charge is 2.70. The van der Waals surface area contributed by atoms with Gasteiger partial charge in [-0.2, -0.15) is 0 Å². The Morgan fingerprint density at radius 3 is 2.16 bits per heavy atom. The lowest BCUT2D eigenvalue weighted by atomic mass is 9.80. The molecule has 1 unspecified atom stereocenters. The lowest BCUT2D eigenvalue weighted by molar-refractivity contribution is 0.0581. The molecule has 1 aromatic carbocycles. The van der Waals surface area contributed by atoms with E-state index < -0.39 is 0 Å². The standard InChI is InChI=1S/C17H24O2/c1-8-9(2)14-12(10(3)13(8)18)17(7)11(4)15(17)16(5,6)19-14/h11,15,18H,1-7H3/t11?,15-,17+/m0/s1. The summed E-state index contributed by atoms with van der Waals surface area (Å²) < 4.78 is 6.35. The fourth-order valence-electron chi connectivity index (χ4n) is 4.64. The Balaban J connectivity index is 2.36. The lowest BCUT2D eigenvalue weighted by Crippen LogP contribution is -2.39. The summed E-state index contributed by atoms with van der Waals surface area (Å²) in [6, 6.07) is 0. The smallest absolute Gasteiger partial charge is 0.127 e. The fraction of sp³-hybridized carbons (Fsp3) is 0.647. The van der Waals surface area contributed by atoms with Gasteiger partial charge in [0.2, 0.25) is 0 Å². The van der Waals surface area contributed by atoms with Crippen molar-refractivity contribution in [2.45, 2.75) is 59.5 Å². The molecule has 0 radical (unpaired) electrons. The molecular formula is C17H24O2. The first-order valence-corrected chi connectivity index (χ1v) is 7.16. The van der Waals surface area contributed by atoms with E-state index in [0.717, 1.165) is 22.4 Å². The van der Waals surface area contributed by atoms with Crippen molar-refractivity contribution in [1.29, 1.82) is 0 Å². The van der Waals surface area contributed by atoms with Gasteiger partial charge in [-0.25, -0.2) is 0 Å². The van der Waals surface area contributed by atoms with Gasteiger partial charge in [0.25, 0.3) is 0 Å². The summed E-state index contributed by atoms with van der Waals surface area (Å²) in [7, 11) is 0. The second-order valence-electron chi connectivity index (χ2n) is 7.18. The van der Waals surface area contributed by atoms with Crippen LogP contribution < -0.4 is 4.74 Å². The highest BCUT2D eigenvalue weighted by atomic mass is 16.5. The summed E-state index contributed by atoms with van der Waals surface area (Å²) in [4.78, 5) is 0. The van der Waals surface area contributed by atoms with Crippen LogP contribution in [0.1, 0.15) is 49.9 Å². The summed E-state index contributed by atoms with van der Waals surface area (Å²) in [6.07, 6.45) is 0. The van der Waals surface area contributed by atoms with Gasteiger partial charge in [0, 0.05) is 16.9 Å². The Labute approximate surface area is 115 Å².